The van der Waals surface area contributed by atoms with Crippen LogP contribution in [0.5, 0.6) is 5.75 Å². The zero-order chi connectivity index (χ0) is 11.7. The minimum atomic E-state index is -0.922. The maximum Gasteiger partial charge on any atom is 0.329 e. The summed E-state index contributed by atoms with van der Waals surface area (Å²) < 4.78 is 0. The van der Waals surface area contributed by atoms with E-state index in [1.807, 2.05) is 13.0 Å². The predicted octanol–water partition coefficient (Wildman–Crippen LogP) is 1.65. The lowest BCUT2D eigenvalue weighted by atomic mass is 10.1. The monoisotopic (exact) mass is 237 g/mol. The predicted molar refractivity (Wildman–Crippen MR) is 63.3 cm³/mol. The number of rotatable bonds is 2. The first-order chi connectivity index (χ1) is 7.58. The Morgan fingerprint density at radius 3 is 2.94 bits per heavy atom. The lowest BCUT2D eigenvalue weighted by molar-refractivity contribution is -0.137. The highest BCUT2D eigenvalue weighted by atomic mass is 32.2. The van der Waals surface area contributed by atoms with Crippen molar-refractivity contribution >= 4 is 22.8 Å². The van der Waals surface area contributed by atoms with E-state index in [-0.39, 0.29) is 5.75 Å². The van der Waals surface area contributed by atoms with E-state index >= 15 is 0 Å². The molecule has 0 radical (unpaired) electrons. The molecule has 0 amide bonds. The Morgan fingerprint density at radius 2 is 2.31 bits per heavy atom. The van der Waals surface area contributed by atoms with Gasteiger partial charge in [-0.1, -0.05) is 11.6 Å². The molecule has 0 saturated carbocycles. The van der Waals surface area contributed by atoms with Crippen molar-refractivity contribution in [3.05, 3.63) is 29.3 Å². The van der Waals surface area contributed by atoms with Gasteiger partial charge >= 0.3 is 5.97 Å². The van der Waals surface area contributed by atoms with Gasteiger partial charge in [0, 0.05) is 11.3 Å². The Kier molecular flexibility index (Phi) is 2.87. The number of phenols is 1. The minimum Gasteiger partial charge on any atom is -0.507 e. The van der Waals surface area contributed by atoms with E-state index in [4.69, 9.17) is 5.11 Å². The highest BCUT2D eigenvalue weighted by molar-refractivity contribution is 8.14. The number of aliphatic imine (C=N–C) groups is 1. The quantitative estimate of drug-likeness (QED) is 0.820. The van der Waals surface area contributed by atoms with Crippen molar-refractivity contribution < 1.29 is 15.0 Å². The molecule has 0 bridgehead atoms. The van der Waals surface area contributed by atoms with Gasteiger partial charge in [0.25, 0.3) is 0 Å². The van der Waals surface area contributed by atoms with Crippen LogP contribution in [0, 0.1) is 6.92 Å². The number of carboxylic acids is 1. The molecule has 1 aromatic rings. The molecule has 0 spiro atoms. The number of hydrogen-bond acceptors (Lipinski definition) is 4. The van der Waals surface area contributed by atoms with Crippen LogP contribution >= 0.6 is 11.8 Å². The number of carboxylic acid groups (broad SMARTS) is 1. The molecule has 5 heteroatoms. The number of benzene rings is 1. The second kappa shape index (κ2) is 4.17. The number of aryl methyl sites for hydroxylation is 1. The van der Waals surface area contributed by atoms with E-state index in [0.29, 0.717) is 16.4 Å². The van der Waals surface area contributed by atoms with Gasteiger partial charge in [-0.2, -0.15) is 0 Å². The fourth-order valence-electron chi connectivity index (χ4n) is 1.47. The van der Waals surface area contributed by atoms with Gasteiger partial charge in [0.05, 0.1) is 0 Å². The first kappa shape index (κ1) is 11.0. The smallest absolute Gasteiger partial charge is 0.329 e. The molecule has 2 N–H and O–H groups in total. The van der Waals surface area contributed by atoms with E-state index in [1.165, 1.54) is 11.8 Å². The van der Waals surface area contributed by atoms with Crippen LogP contribution in [0.4, 0.5) is 0 Å². The van der Waals surface area contributed by atoms with Crippen LogP contribution in [0.3, 0.4) is 0 Å². The number of thioether (sulfide) groups is 1. The topological polar surface area (TPSA) is 69.9 Å². The molecule has 1 aliphatic rings. The molecular weight excluding hydrogens is 226 g/mol. The molecule has 1 heterocycles. The number of nitrogens with zero attached hydrogens (tertiary/aromatic N) is 1. The van der Waals surface area contributed by atoms with Crippen LogP contribution in [0.2, 0.25) is 0 Å². The Morgan fingerprint density at radius 1 is 1.56 bits per heavy atom. The molecule has 16 heavy (non-hydrogen) atoms. The summed E-state index contributed by atoms with van der Waals surface area (Å²) >= 11 is 1.36. The summed E-state index contributed by atoms with van der Waals surface area (Å²) in [6.07, 6.45) is 0. The summed E-state index contributed by atoms with van der Waals surface area (Å²) in [5, 5.41) is 19.1. The van der Waals surface area contributed by atoms with E-state index in [2.05, 4.69) is 4.99 Å². The van der Waals surface area contributed by atoms with E-state index in [0.717, 1.165) is 5.56 Å². The molecular formula is C11H11NO3S. The average molecular weight is 237 g/mol. The molecule has 4 nitrogen and oxygen atoms in total. The Labute approximate surface area is 97.0 Å². The van der Waals surface area contributed by atoms with Crippen LogP contribution < -0.4 is 0 Å². The number of phenolic OH excluding ortho intramolecular Hbond substituents is 1. The molecule has 0 fully saturated rings. The highest BCUT2D eigenvalue weighted by Crippen LogP contribution is 2.29. The third-order valence-electron chi connectivity index (χ3n) is 2.32. The van der Waals surface area contributed by atoms with Gasteiger partial charge in [-0.05, 0) is 19.1 Å². The second-order valence-corrected chi connectivity index (χ2v) is 4.63. The maximum atomic E-state index is 10.7. The van der Waals surface area contributed by atoms with Crippen molar-refractivity contribution in [3.8, 4) is 5.75 Å². The third kappa shape index (κ3) is 2.04. The Hall–Kier alpha value is -1.49. The summed E-state index contributed by atoms with van der Waals surface area (Å²) in [5.41, 5.74) is 1.63. The Balaban J connectivity index is 2.35. The van der Waals surface area contributed by atoms with Crippen LogP contribution in [0.25, 0.3) is 0 Å². The second-order valence-electron chi connectivity index (χ2n) is 3.62. The molecule has 1 atom stereocenters. The van der Waals surface area contributed by atoms with E-state index < -0.39 is 12.0 Å². The summed E-state index contributed by atoms with van der Waals surface area (Å²) in [7, 11) is 0. The first-order valence-corrected chi connectivity index (χ1v) is 5.80. The fourth-order valence-corrected chi connectivity index (χ4v) is 2.52. The molecule has 0 aliphatic carbocycles. The first-order valence-electron chi connectivity index (χ1n) is 4.81. The molecule has 0 unspecified atom stereocenters. The van der Waals surface area contributed by atoms with Gasteiger partial charge in [-0.15, -0.1) is 11.8 Å². The Bertz CT molecular complexity index is 470. The number of aliphatic carboxylic acids is 1. The average Bonchev–Trinajstić information content (AvgIpc) is 2.70. The van der Waals surface area contributed by atoms with E-state index in [9.17, 15) is 9.90 Å². The van der Waals surface area contributed by atoms with Gasteiger partial charge in [0.15, 0.2) is 6.04 Å². The normalized spacial score (nSPS) is 19.6. The summed E-state index contributed by atoms with van der Waals surface area (Å²) in [5.74, 6) is -0.351. The van der Waals surface area contributed by atoms with Gasteiger partial charge in [0.2, 0.25) is 0 Å². The van der Waals surface area contributed by atoms with Crippen molar-refractivity contribution in [1.29, 1.82) is 0 Å². The zero-order valence-electron chi connectivity index (χ0n) is 8.67. The third-order valence-corrected chi connectivity index (χ3v) is 3.40. The summed E-state index contributed by atoms with van der Waals surface area (Å²) in [6.45, 7) is 1.91. The number of aromatic hydroxyl groups is 1. The number of carbonyl (C=O) groups is 1. The van der Waals surface area contributed by atoms with Crippen molar-refractivity contribution in [2.45, 2.75) is 13.0 Å². The van der Waals surface area contributed by atoms with Gasteiger partial charge in [0.1, 0.15) is 10.8 Å². The van der Waals surface area contributed by atoms with Crippen LogP contribution in [-0.4, -0.2) is 33.0 Å². The molecule has 1 aromatic carbocycles. The maximum absolute atomic E-state index is 10.7. The van der Waals surface area contributed by atoms with Crippen molar-refractivity contribution in [1.82, 2.24) is 0 Å². The molecule has 84 valence electrons. The van der Waals surface area contributed by atoms with Gasteiger partial charge in [-0.3, -0.25) is 4.99 Å². The molecule has 2 rings (SSSR count). The van der Waals surface area contributed by atoms with E-state index in [1.54, 1.807) is 12.1 Å². The molecule has 0 aromatic heterocycles. The van der Waals surface area contributed by atoms with Gasteiger partial charge in [-0.25, -0.2) is 4.79 Å². The van der Waals surface area contributed by atoms with Gasteiger partial charge < -0.3 is 10.2 Å². The fraction of sp³-hybridized carbons (Fsp3) is 0.273. The zero-order valence-corrected chi connectivity index (χ0v) is 9.49. The van der Waals surface area contributed by atoms with Crippen LogP contribution in [-0.2, 0) is 4.79 Å². The number of hydrogen-bond donors (Lipinski definition) is 2. The molecule has 1 aliphatic heterocycles. The SMILES string of the molecule is Cc1ccc(O)c(C2=N[C@H](C(=O)O)CS2)c1. The summed E-state index contributed by atoms with van der Waals surface area (Å²) in [6, 6.07) is 4.51. The van der Waals surface area contributed by atoms with Crippen molar-refractivity contribution in [2.24, 2.45) is 4.99 Å². The van der Waals surface area contributed by atoms with Crippen LogP contribution in [0.1, 0.15) is 11.1 Å². The van der Waals surface area contributed by atoms with Crippen molar-refractivity contribution in [2.75, 3.05) is 5.75 Å². The lowest BCUT2D eigenvalue weighted by Gasteiger charge is -2.04. The largest absolute Gasteiger partial charge is 0.507 e. The minimum absolute atomic E-state index is 0.142. The summed E-state index contributed by atoms with van der Waals surface area (Å²) in [4.78, 5) is 14.8. The highest BCUT2D eigenvalue weighted by Gasteiger charge is 2.26. The van der Waals surface area contributed by atoms with Crippen molar-refractivity contribution in [3.63, 3.8) is 0 Å². The molecule has 0 saturated heterocycles. The standard InChI is InChI=1S/C11H11NO3S/c1-6-2-3-9(13)7(4-6)10-12-8(5-16-10)11(14)15/h2-4,8,13H,5H2,1H3,(H,14,15)/t8-/m0/s1. The van der Waals surface area contributed by atoms with Crippen LogP contribution in [0.15, 0.2) is 23.2 Å². The lowest BCUT2D eigenvalue weighted by Crippen LogP contribution is -2.17.